The highest BCUT2D eigenvalue weighted by molar-refractivity contribution is 5.76. The minimum Gasteiger partial charge on any atom is -0.481 e. The Hall–Kier alpha value is -1.92. The largest absolute Gasteiger partial charge is 0.481 e. The predicted molar refractivity (Wildman–Crippen MR) is 231 cm³/mol. The van der Waals surface area contributed by atoms with Gasteiger partial charge in [-0.2, -0.15) is 0 Å². The molecule has 3 heterocycles. The Labute approximate surface area is 391 Å². The number of aliphatic hydroxyl groups is 9. The number of carboxylic acid groups (broad SMARTS) is 2. The van der Waals surface area contributed by atoms with Crippen molar-refractivity contribution in [2.45, 2.75) is 204 Å². The van der Waals surface area contributed by atoms with E-state index < -0.39 is 133 Å². The first-order chi connectivity index (χ1) is 31.4. The van der Waals surface area contributed by atoms with E-state index in [1.165, 1.54) is 6.92 Å². The summed E-state index contributed by atoms with van der Waals surface area (Å²) in [5.74, 6) is -2.24. The van der Waals surface area contributed by atoms with Crippen LogP contribution in [0.2, 0.25) is 0 Å². The summed E-state index contributed by atoms with van der Waals surface area (Å²) in [7, 11) is 0. The van der Waals surface area contributed by atoms with Gasteiger partial charge in [-0.15, -0.1) is 0 Å². The average Bonchev–Trinajstić information content (AvgIpc) is 3.28. The fourth-order valence-electron chi connectivity index (χ4n) is 16.0. The van der Waals surface area contributed by atoms with E-state index in [9.17, 15) is 65.8 Å². The Bertz CT molecular complexity index is 1850. The highest BCUT2D eigenvalue weighted by Crippen LogP contribution is 2.77. The minimum absolute atomic E-state index is 0.00585. The lowest BCUT2D eigenvalue weighted by atomic mass is 9.31. The predicted octanol–water partition coefficient (Wildman–Crippen LogP) is 0.654. The molecule has 0 radical (unpaired) electrons. The van der Waals surface area contributed by atoms with Crippen molar-refractivity contribution < 1.29 is 94.2 Å². The molecule has 19 heteroatoms. The molecule has 0 amide bonds. The van der Waals surface area contributed by atoms with E-state index in [1.807, 2.05) is 0 Å². The molecule has 8 rings (SSSR count). The fourth-order valence-corrected chi connectivity index (χ4v) is 16.0. The third kappa shape index (κ3) is 7.79. The van der Waals surface area contributed by atoms with Gasteiger partial charge < -0.3 is 84.6 Å². The Kier molecular flexibility index (Phi) is 14.0. The number of aliphatic hydroxyl groups excluding tert-OH is 9. The number of aliphatic carboxylic acids is 2. The Morgan fingerprint density at radius 3 is 1.94 bits per heavy atom. The molecule has 0 bridgehead atoms. The SMILES string of the molecule is C=C1CC[C@]2(C(=O)O)CC[C@]3(CO)[C@H](CC[C@@H]4[C@@]5(C)CC[C@H](O[C@@H]6O[C@H](C(=O)O)[C@@H](O)[C@H](O)[C@H]6O[C@@H]6O[C@H](CO)[C@H](O)[C@H](O)[C@H]6O[C@@H]6O[C@@H](C)[C@H](O)[C@@H](O)[C@H]6O)C(C)(C)[C@@H]5CC[C@]43C)[C@H]2[C@@H]1C. The average molecular weight is 957 g/mol. The zero-order chi connectivity index (χ0) is 49.1. The summed E-state index contributed by atoms with van der Waals surface area (Å²) in [6, 6.07) is 0. The number of fused-ring (bicyclic) bond motifs is 7. The van der Waals surface area contributed by atoms with Gasteiger partial charge in [0, 0.05) is 12.0 Å². The van der Waals surface area contributed by atoms with Crippen LogP contribution in [0.1, 0.15) is 106 Å². The standard InChI is InChI=1S/C48H76O19/c1-20-10-15-47(43(60)61)16-17-48(19-50)23(28(47)21(20)2)8-9-26-45(6)13-12-27(44(4,5)25(45)11-14-46(26,48)7)64-42-38(34(56)33(55)36(65-42)39(58)59)67-41-37(32(54)30(52)24(18-49)63-41)66-40-35(57)31(53)29(51)22(3)62-40/h21-38,40-42,49-57H,1,8-19H2,2-7H3,(H,58,59)(H,60,61)/t21-,22+,23-,24-,25+,26-,27+,28-,29+,30+,31-,32+,33+,34+,35-,36+,37-,38-,40+,41+,42-,45+,46-,47+,48+/m1/s1. The summed E-state index contributed by atoms with van der Waals surface area (Å²) in [6.07, 6.45) is -20.1. The molecule has 382 valence electrons. The Morgan fingerprint density at radius 1 is 0.672 bits per heavy atom. The Balaban J connectivity index is 1.06. The number of hydrogen-bond donors (Lipinski definition) is 11. The molecule has 11 N–H and O–H groups in total. The van der Waals surface area contributed by atoms with Crippen LogP contribution < -0.4 is 0 Å². The quantitative estimate of drug-likeness (QED) is 0.106. The van der Waals surface area contributed by atoms with Crippen molar-refractivity contribution in [3.8, 4) is 0 Å². The molecule has 3 saturated heterocycles. The topological polar surface area (TPSA) is 312 Å². The smallest absolute Gasteiger partial charge is 0.335 e. The van der Waals surface area contributed by atoms with E-state index in [0.29, 0.717) is 38.5 Å². The first-order valence-electron chi connectivity index (χ1n) is 24.4. The van der Waals surface area contributed by atoms with Crippen LogP contribution in [0.25, 0.3) is 0 Å². The summed E-state index contributed by atoms with van der Waals surface area (Å²) in [5.41, 5.74) is -1.48. The van der Waals surface area contributed by atoms with E-state index in [4.69, 9.17) is 28.4 Å². The number of allylic oxidation sites excluding steroid dienone is 1. The Morgan fingerprint density at radius 2 is 1.31 bits per heavy atom. The zero-order valence-corrected chi connectivity index (χ0v) is 39.5. The van der Waals surface area contributed by atoms with E-state index in [2.05, 4.69) is 41.2 Å². The number of hydrogen-bond acceptors (Lipinski definition) is 17. The van der Waals surface area contributed by atoms with Crippen LogP contribution in [0.3, 0.4) is 0 Å². The summed E-state index contributed by atoms with van der Waals surface area (Å²) >= 11 is 0. The summed E-state index contributed by atoms with van der Waals surface area (Å²) in [4.78, 5) is 25.7. The van der Waals surface area contributed by atoms with Crippen LogP contribution in [-0.4, -0.2) is 180 Å². The lowest BCUT2D eigenvalue weighted by Gasteiger charge is -2.74. The van der Waals surface area contributed by atoms with E-state index in [1.54, 1.807) is 0 Å². The van der Waals surface area contributed by atoms with Crippen LogP contribution in [0.5, 0.6) is 0 Å². The second-order valence-corrected chi connectivity index (χ2v) is 22.8. The van der Waals surface area contributed by atoms with Gasteiger partial charge in [-0.05, 0) is 117 Å². The van der Waals surface area contributed by atoms with E-state index in [0.717, 1.165) is 31.3 Å². The lowest BCUT2D eigenvalue weighted by molar-refractivity contribution is -0.395. The molecule has 25 atom stereocenters. The fraction of sp³-hybridized carbons (Fsp3) is 0.917. The molecule has 0 spiro atoms. The third-order valence-electron chi connectivity index (χ3n) is 19.8. The normalized spacial score (nSPS) is 54.2. The minimum atomic E-state index is -2.06. The van der Waals surface area contributed by atoms with Gasteiger partial charge in [0.1, 0.15) is 61.0 Å². The van der Waals surface area contributed by atoms with Gasteiger partial charge >= 0.3 is 11.9 Å². The number of rotatable bonds is 10. The molecule has 8 aliphatic rings. The van der Waals surface area contributed by atoms with Gasteiger partial charge in [0.05, 0.1) is 24.2 Å². The monoisotopic (exact) mass is 956 g/mol. The third-order valence-corrected chi connectivity index (χ3v) is 19.8. The van der Waals surface area contributed by atoms with Crippen LogP contribution in [0.15, 0.2) is 12.2 Å². The summed E-state index contributed by atoms with van der Waals surface area (Å²) in [6.45, 7) is 15.9. The van der Waals surface area contributed by atoms with Crippen LogP contribution in [0, 0.1) is 56.7 Å². The summed E-state index contributed by atoms with van der Waals surface area (Å²) in [5, 5.41) is 119. The van der Waals surface area contributed by atoms with Crippen molar-refractivity contribution >= 4 is 11.9 Å². The highest BCUT2D eigenvalue weighted by atomic mass is 16.8. The molecule has 0 unspecified atom stereocenters. The van der Waals surface area contributed by atoms with Gasteiger partial charge in [0.15, 0.2) is 25.0 Å². The number of carboxylic acids is 2. The molecular formula is C48H76O19. The molecule has 0 aromatic carbocycles. The molecule has 5 saturated carbocycles. The van der Waals surface area contributed by atoms with Crippen molar-refractivity contribution in [3.63, 3.8) is 0 Å². The van der Waals surface area contributed by atoms with Crippen molar-refractivity contribution in [2.24, 2.45) is 56.7 Å². The van der Waals surface area contributed by atoms with Gasteiger partial charge in [-0.25, -0.2) is 4.79 Å². The molecular weight excluding hydrogens is 881 g/mol. The second-order valence-electron chi connectivity index (χ2n) is 22.8. The van der Waals surface area contributed by atoms with Crippen molar-refractivity contribution in [2.75, 3.05) is 13.2 Å². The van der Waals surface area contributed by atoms with E-state index >= 15 is 0 Å². The maximum Gasteiger partial charge on any atom is 0.335 e. The van der Waals surface area contributed by atoms with Gasteiger partial charge in [-0.3, -0.25) is 4.79 Å². The summed E-state index contributed by atoms with van der Waals surface area (Å²) < 4.78 is 36.3. The van der Waals surface area contributed by atoms with Gasteiger partial charge in [0.25, 0.3) is 0 Å². The van der Waals surface area contributed by atoms with Crippen molar-refractivity contribution in [3.05, 3.63) is 12.2 Å². The van der Waals surface area contributed by atoms with Crippen molar-refractivity contribution in [1.29, 1.82) is 0 Å². The van der Waals surface area contributed by atoms with Crippen LogP contribution in [0.4, 0.5) is 0 Å². The maximum absolute atomic E-state index is 13.2. The number of ether oxygens (including phenoxy) is 6. The zero-order valence-electron chi connectivity index (χ0n) is 39.5. The molecule has 5 aliphatic carbocycles. The molecule has 0 aromatic heterocycles. The van der Waals surface area contributed by atoms with Gasteiger partial charge in [-0.1, -0.05) is 46.8 Å². The second kappa shape index (κ2) is 18.3. The molecule has 0 aromatic rings. The van der Waals surface area contributed by atoms with E-state index in [-0.39, 0.29) is 47.0 Å². The molecule has 8 fully saturated rings. The van der Waals surface area contributed by atoms with Crippen molar-refractivity contribution in [1.82, 2.24) is 0 Å². The lowest BCUT2D eigenvalue weighted by Crippen LogP contribution is -2.70. The first kappa shape index (κ1) is 51.4. The molecule has 3 aliphatic heterocycles. The maximum atomic E-state index is 13.2. The van der Waals surface area contributed by atoms with Crippen LogP contribution >= 0.6 is 0 Å². The molecule has 67 heavy (non-hydrogen) atoms. The van der Waals surface area contributed by atoms with Crippen LogP contribution in [-0.2, 0) is 38.0 Å². The molecule has 19 nitrogen and oxygen atoms in total. The first-order valence-corrected chi connectivity index (χ1v) is 24.4. The van der Waals surface area contributed by atoms with Gasteiger partial charge in [0.2, 0.25) is 0 Å². The number of carbonyl (C=O) groups is 2. The highest BCUT2D eigenvalue weighted by Gasteiger charge is 2.73.